The number of non-ortho nitro benzene ring substituents is 1. The van der Waals surface area contributed by atoms with E-state index in [2.05, 4.69) is 22.8 Å². The van der Waals surface area contributed by atoms with Crippen LogP contribution in [0.25, 0.3) is 20.8 Å². The highest BCUT2D eigenvalue weighted by molar-refractivity contribution is 7.21. The van der Waals surface area contributed by atoms with Crippen LogP contribution in [0.5, 0.6) is 0 Å². The van der Waals surface area contributed by atoms with Crippen molar-refractivity contribution in [3.8, 4) is 10.6 Å². The minimum Gasteiger partial charge on any atom is -0.369 e. The summed E-state index contributed by atoms with van der Waals surface area (Å²) in [5.41, 5.74) is 4.65. The number of aromatic nitrogens is 1. The molecule has 2 saturated heterocycles. The number of carbonyl (C=O) groups is 2. The van der Waals surface area contributed by atoms with Crippen molar-refractivity contribution >= 4 is 50.4 Å². The summed E-state index contributed by atoms with van der Waals surface area (Å²) < 4.78 is 1.13. The van der Waals surface area contributed by atoms with Gasteiger partial charge in [-0.25, -0.2) is 9.88 Å². The predicted octanol–water partition coefficient (Wildman–Crippen LogP) is 4.63. The van der Waals surface area contributed by atoms with Crippen molar-refractivity contribution in [2.75, 3.05) is 36.0 Å². The van der Waals surface area contributed by atoms with Gasteiger partial charge in [-0.05, 0) is 61.0 Å². The lowest BCUT2D eigenvalue weighted by molar-refractivity contribution is -0.384. The maximum absolute atomic E-state index is 13.3. The van der Waals surface area contributed by atoms with Gasteiger partial charge in [-0.15, -0.1) is 11.3 Å². The standard InChI is InChI=1S/C28H25N5O4S/c1-18-2-11-23-25(16-18)38-27(29-23)19-3-5-21(6-4-19)32-26(34)17-24(28(32)35)31-14-12-30(13-15-31)20-7-9-22(10-8-20)33(36)37/h2-11,16,24H,12-15,17H2,1H3. The third-order valence-corrected chi connectivity index (χ3v) is 8.29. The molecule has 3 aromatic carbocycles. The highest BCUT2D eigenvalue weighted by Gasteiger charge is 2.43. The summed E-state index contributed by atoms with van der Waals surface area (Å²) in [5, 5.41) is 11.8. The molecule has 0 spiro atoms. The normalized spacial score (nSPS) is 18.5. The molecule has 10 heteroatoms. The number of benzene rings is 3. The second kappa shape index (κ2) is 9.62. The summed E-state index contributed by atoms with van der Waals surface area (Å²) in [7, 11) is 0. The van der Waals surface area contributed by atoms with Gasteiger partial charge in [-0.3, -0.25) is 24.6 Å². The molecule has 1 aromatic heterocycles. The Bertz CT molecular complexity index is 1540. The van der Waals surface area contributed by atoms with Crippen LogP contribution in [-0.2, 0) is 9.59 Å². The largest absolute Gasteiger partial charge is 0.369 e. The fourth-order valence-corrected chi connectivity index (χ4v) is 6.23. The topological polar surface area (TPSA) is 99.9 Å². The summed E-state index contributed by atoms with van der Waals surface area (Å²) >= 11 is 1.62. The minimum atomic E-state index is -0.478. The van der Waals surface area contributed by atoms with E-state index in [9.17, 15) is 19.7 Å². The highest BCUT2D eigenvalue weighted by atomic mass is 32.1. The highest BCUT2D eigenvalue weighted by Crippen LogP contribution is 2.33. The van der Waals surface area contributed by atoms with Gasteiger partial charge in [0.1, 0.15) is 5.01 Å². The smallest absolute Gasteiger partial charge is 0.269 e. The van der Waals surface area contributed by atoms with E-state index < -0.39 is 11.0 Å². The van der Waals surface area contributed by atoms with E-state index in [1.807, 2.05) is 36.4 Å². The van der Waals surface area contributed by atoms with E-state index in [4.69, 9.17) is 4.98 Å². The summed E-state index contributed by atoms with van der Waals surface area (Å²) in [5.74, 6) is -0.386. The Kier molecular flexibility index (Phi) is 6.13. The van der Waals surface area contributed by atoms with Crippen LogP contribution in [0.4, 0.5) is 17.1 Å². The number of anilines is 2. The first-order chi connectivity index (χ1) is 18.4. The Hall–Kier alpha value is -4.15. The zero-order valence-electron chi connectivity index (χ0n) is 20.7. The van der Waals surface area contributed by atoms with Gasteiger partial charge in [0.15, 0.2) is 0 Å². The van der Waals surface area contributed by atoms with Crippen LogP contribution in [0, 0.1) is 17.0 Å². The van der Waals surface area contributed by atoms with E-state index >= 15 is 0 Å². The lowest BCUT2D eigenvalue weighted by atomic mass is 10.1. The molecule has 192 valence electrons. The van der Waals surface area contributed by atoms with Crippen LogP contribution in [0.15, 0.2) is 66.7 Å². The van der Waals surface area contributed by atoms with Gasteiger partial charge in [0.05, 0.1) is 33.3 Å². The molecule has 2 aliphatic heterocycles. The van der Waals surface area contributed by atoms with Gasteiger partial charge in [0.25, 0.3) is 11.6 Å². The number of carbonyl (C=O) groups excluding carboxylic acids is 2. The Morgan fingerprint density at radius 2 is 1.61 bits per heavy atom. The molecule has 0 bridgehead atoms. The molecule has 0 saturated carbocycles. The molecular weight excluding hydrogens is 502 g/mol. The lowest BCUT2D eigenvalue weighted by Crippen LogP contribution is -2.52. The number of piperazine rings is 1. The van der Waals surface area contributed by atoms with Crippen molar-refractivity contribution in [3.05, 3.63) is 82.4 Å². The van der Waals surface area contributed by atoms with E-state index in [-0.39, 0.29) is 23.9 Å². The second-order valence-corrected chi connectivity index (χ2v) is 10.7. The van der Waals surface area contributed by atoms with Gasteiger partial charge in [-0.1, -0.05) is 6.07 Å². The number of fused-ring (bicyclic) bond motifs is 1. The molecule has 1 unspecified atom stereocenters. The second-order valence-electron chi connectivity index (χ2n) is 9.62. The lowest BCUT2D eigenvalue weighted by Gasteiger charge is -2.38. The van der Waals surface area contributed by atoms with E-state index in [0.29, 0.717) is 31.9 Å². The Balaban J connectivity index is 1.12. The number of aryl methyl sites for hydroxylation is 1. The molecule has 2 amide bonds. The first-order valence-electron chi connectivity index (χ1n) is 12.5. The first-order valence-corrected chi connectivity index (χ1v) is 13.3. The number of rotatable bonds is 5. The number of thiazole rings is 1. The fourth-order valence-electron chi connectivity index (χ4n) is 5.16. The molecule has 2 fully saturated rings. The van der Waals surface area contributed by atoms with Crippen molar-refractivity contribution in [3.63, 3.8) is 0 Å². The van der Waals surface area contributed by atoms with Gasteiger partial charge in [-0.2, -0.15) is 0 Å². The van der Waals surface area contributed by atoms with Crippen LogP contribution in [0.1, 0.15) is 12.0 Å². The molecule has 4 aromatic rings. The Morgan fingerprint density at radius 1 is 0.921 bits per heavy atom. The molecule has 0 aliphatic carbocycles. The van der Waals surface area contributed by atoms with E-state index in [1.165, 1.54) is 22.6 Å². The number of hydrogen-bond donors (Lipinski definition) is 0. The number of amides is 2. The fraction of sp³-hybridized carbons (Fsp3) is 0.250. The van der Waals surface area contributed by atoms with Gasteiger partial charge in [0, 0.05) is 49.6 Å². The van der Waals surface area contributed by atoms with Gasteiger partial charge >= 0.3 is 0 Å². The Labute approximate surface area is 223 Å². The minimum absolute atomic E-state index is 0.0609. The van der Waals surface area contributed by atoms with Gasteiger partial charge in [0.2, 0.25) is 5.91 Å². The van der Waals surface area contributed by atoms with E-state index in [0.717, 1.165) is 26.5 Å². The maximum Gasteiger partial charge on any atom is 0.269 e. The Morgan fingerprint density at radius 3 is 2.29 bits per heavy atom. The third kappa shape index (κ3) is 4.42. The van der Waals surface area contributed by atoms with Crippen molar-refractivity contribution in [2.24, 2.45) is 0 Å². The molecule has 0 radical (unpaired) electrons. The number of hydrogen-bond acceptors (Lipinski definition) is 8. The van der Waals surface area contributed by atoms with Crippen LogP contribution < -0.4 is 9.80 Å². The molecule has 0 N–H and O–H groups in total. The number of nitro benzene ring substituents is 1. The third-order valence-electron chi connectivity index (χ3n) is 7.22. The molecule has 9 nitrogen and oxygen atoms in total. The van der Waals surface area contributed by atoms with Crippen molar-refractivity contribution < 1.29 is 14.5 Å². The molecule has 38 heavy (non-hydrogen) atoms. The van der Waals surface area contributed by atoms with Crippen LogP contribution in [0.2, 0.25) is 0 Å². The number of imide groups is 1. The summed E-state index contributed by atoms with van der Waals surface area (Å²) in [6.45, 7) is 4.66. The molecule has 3 heterocycles. The quantitative estimate of drug-likeness (QED) is 0.212. The van der Waals surface area contributed by atoms with Crippen LogP contribution in [-0.4, -0.2) is 58.8 Å². The molecule has 1 atom stereocenters. The van der Waals surface area contributed by atoms with Crippen molar-refractivity contribution in [1.29, 1.82) is 0 Å². The van der Waals surface area contributed by atoms with Gasteiger partial charge < -0.3 is 4.90 Å². The summed E-state index contributed by atoms with van der Waals surface area (Å²) in [6.07, 6.45) is 0.162. The first kappa shape index (κ1) is 24.2. The zero-order chi connectivity index (χ0) is 26.4. The summed E-state index contributed by atoms with van der Waals surface area (Å²) in [4.78, 5) is 47.0. The molecule has 6 rings (SSSR count). The zero-order valence-corrected chi connectivity index (χ0v) is 21.6. The molecule has 2 aliphatic rings. The summed E-state index contributed by atoms with van der Waals surface area (Å²) in [6, 6.07) is 19.7. The SMILES string of the molecule is Cc1ccc2nc(-c3ccc(N4C(=O)CC(N5CCN(c6ccc([N+](=O)[O-])cc6)CC5)C4=O)cc3)sc2c1. The monoisotopic (exact) mass is 527 g/mol. The number of nitrogens with zero attached hydrogens (tertiary/aromatic N) is 5. The van der Waals surface area contributed by atoms with Crippen LogP contribution >= 0.6 is 11.3 Å². The van der Waals surface area contributed by atoms with Crippen molar-refractivity contribution in [2.45, 2.75) is 19.4 Å². The van der Waals surface area contributed by atoms with E-state index in [1.54, 1.807) is 23.5 Å². The van der Waals surface area contributed by atoms with Crippen LogP contribution in [0.3, 0.4) is 0 Å². The predicted molar refractivity (Wildman–Crippen MR) is 148 cm³/mol. The van der Waals surface area contributed by atoms with Crippen molar-refractivity contribution in [1.82, 2.24) is 9.88 Å². The maximum atomic E-state index is 13.3. The average Bonchev–Trinajstić information content (AvgIpc) is 3.48. The average molecular weight is 528 g/mol. The number of nitro groups is 1. The molecular formula is C28H25N5O4S.